The van der Waals surface area contributed by atoms with Gasteiger partial charge < -0.3 is 15.0 Å². The van der Waals surface area contributed by atoms with Gasteiger partial charge in [0, 0.05) is 37.3 Å². The molecule has 0 spiro atoms. The SMILES string of the molecule is CCCCN1C(=O)c2ccc(C(=O)NCc3ccc(C(=O)N4CC(C)OC(C)C4)cc3)cc2C1=O. The molecule has 0 aliphatic carbocycles. The van der Waals surface area contributed by atoms with Gasteiger partial charge in [0.2, 0.25) is 0 Å². The van der Waals surface area contributed by atoms with E-state index in [1.54, 1.807) is 29.2 Å². The van der Waals surface area contributed by atoms with Gasteiger partial charge in [0.25, 0.3) is 23.6 Å². The zero-order valence-electron chi connectivity index (χ0n) is 20.4. The molecule has 8 heteroatoms. The van der Waals surface area contributed by atoms with Crippen molar-refractivity contribution in [2.75, 3.05) is 19.6 Å². The second-order valence-electron chi connectivity index (χ2n) is 9.22. The number of benzene rings is 2. The van der Waals surface area contributed by atoms with Crippen molar-refractivity contribution >= 4 is 23.6 Å². The summed E-state index contributed by atoms with van der Waals surface area (Å²) in [7, 11) is 0. The van der Waals surface area contributed by atoms with E-state index in [1.807, 2.05) is 32.9 Å². The number of rotatable bonds is 7. The summed E-state index contributed by atoms with van der Waals surface area (Å²) >= 11 is 0. The Kier molecular flexibility index (Phi) is 7.31. The van der Waals surface area contributed by atoms with E-state index in [9.17, 15) is 19.2 Å². The maximum absolute atomic E-state index is 12.8. The number of unbranched alkanes of at least 4 members (excludes halogenated alkanes) is 1. The van der Waals surface area contributed by atoms with Crippen LogP contribution in [0, 0.1) is 0 Å². The molecule has 2 aromatic rings. The van der Waals surface area contributed by atoms with Gasteiger partial charge in [0.05, 0.1) is 23.3 Å². The minimum Gasteiger partial charge on any atom is -0.372 e. The van der Waals surface area contributed by atoms with E-state index in [-0.39, 0.29) is 47.9 Å². The monoisotopic (exact) mass is 477 g/mol. The number of morpholine rings is 1. The number of amides is 4. The van der Waals surface area contributed by atoms with Gasteiger partial charge in [-0.2, -0.15) is 0 Å². The summed E-state index contributed by atoms with van der Waals surface area (Å²) in [6, 6.07) is 11.8. The van der Waals surface area contributed by atoms with Gasteiger partial charge in [-0.1, -0.05) is 25.5 Å². The Hall–Kier alpha value is -3.52. The Morgan fingerprint density at radius 2 is 1.57 bits per heavy atom. The van der Waals surface area contributed by atoms with Gasteiger partial charge in [-0.3, -0.25) is 24.1 Å². The number of carbonyl (C=O) groups is 4. The van der Waals surface area contributed by atoms with Crippen LogP contribution in [0.4, 0.5) is 0 Å². The van der Waals surface area contributed by atoms with Crippen molar-refractivity contribution in [2.24, 2.45) is 0 Å². The number of hydrogen-bond donors (Lipinski definition) is 1. The van der Waals surface area contributed by atoms with Crippen LogP contribution in [-0.4, -0.2) is 65.3 Å². The van der Waals surface area contributed by atoms with E-state index < -0.39 is 0 Å². The van der Waals surface area contributed by atoms with Crippen LogP contribution in [0.2, 0.25) is 0 Å². The Bertz CT molecular complexity index is 1130. The number of fused-ring (bicyclic) bond motifs is 1. The van der Waals surface area contributed by atoms with Crippen molar-refractivity contribution < 1.29 is 23.9 Å². The fourth-order valence-corrected chi connectivity index (χ4v) is 4.53. The molecule has 2 unspecified atom stereocenters. The molecule has 4 rings (SSSR count). The Morgan fingerprint density at radius 3 is 2.23 bits per heavy atom. The van der Waals surface area contributed by atoms with Gasteiger partial charge in [-0.15, -0.1) is 0 Å². The summed E-state index contributed by atoms with van der Waals surface area (Å²) in [6.45, 7) is 7.69. The van der Waals surface area contributed by atoms with Crippen molar-refractivity contribution in [3.63, 3.8) is 0 Å². The van der Waals surface area contributed by atoms with E-state index in [0.717, 1.165) is 18.4 Å². The molecule has 0 aromatic heterocycles. The Labute approximate surface area is 205 Å². The van der Waals surface area contributed by atoms with Crippen LogP contribution >= 0.6 is 0 Å². The van der Waals surface area contributed by atoms with Gasteiger partial charge in [0.1, 0.15) is 0 Å². The van der Waals surface area contributed by atoms with Crippen LogP contribution in [0.25, 0.3) is 0 Å². The maximum atomic E-state index is 12.8. The third kappa shape index (κ3) is 5.27. The van der Waals surface area contributed by atoms with Gasteiger partial charge >= 0.3 is 0 Å². The zero-order chi connectivity index (χ0) is 25.1. The lowest BCUT2D eigenvalue weighted by Gasteiger charge is -2.35. The molecule has 0 radical (unpaired) electrons. The van der Waals surface area contributed by atoms with Crippen molar-refractivity contribution in [3.05, 3.63) is 70.3 Å². The molecule has 2 atom stereocenters. The van der Waals surface area contributed by atoms with Crippen LogP contribution in [0.1, 0.15) is 80.6 Å². The number of nitrogens with zero attached hydrogens (tertiary/aromatic N) is 2. The van der Waals surface area contributed by atoms with Crippen molar-refractivity contribution in [3.8, 4) is 0 Å². The summed E-state index contributed by atoms with van der Waals surface area (Å²) in [5.74, 6) is -1.03. The number of carbonyl (C=O) groups excluding carboxylic acids is 4. The topological polar surface area (TPSA) is 96.0 Å². The van der Waals surface area contributed by atoms with Crippen LogP contribution in [0.5, 0.6) is 0 Å². The van der Waals surface area contributed by atoms with Crippen LogP contribution in [0.15, 0.2) is 42.5 Å². The highest BCUT2D eigenvalue weighted by Gasteiger charge is 2.35. The molecular weight excluding hydrogens is 446 g/mol. The summed E-state index contributed by atoms with van der Waals surface area (Å²) in [6.07, 6.45) is 1.63. The molecule has 4 amide bonds. The number of hydrogen-bond acceptors (Lipinski definition) is 5. The summed E-state index contributed by atoms with van der Waals surface area (Å²) in [5.41, 5.74) is 2.37. The molecule has 2 aromatic carbocycles. The van der Waals surface area contributed by atoms with Crippen LogP contribution in [-0.2, 0) is 11.3 Å². The average molecular weight is 478 g/mol. The van der Waals surface area contributed by atoms with E-state index in [0.29, 0.717) is 36.3 Å². The minimum atomic E-state index is -0.350. The van der Waals surface area contributed by atoms with Crippen LogP contribution in [0.3, 0.4) is 0 Å². The highest BCUT2D eigenvalue weighted by atomic mass is 16.5. The molecule has 1 N–H and O–H groups in total. The van der Waals surface area contributed by atoms with E-state index in [2.05, 4.69) is 5.32 Å². The van der Waals surface area contributed by atoms with Gasteiger partial charge in [0.15, 0.2) is 0 Å². The normalized spacial score (nSPS) is 19.6. The van der Waals surface area contributed by atoms with Crippen LogP contribution < -0.4 is 5.32 Å². The smallest absolute Gasteiger partial charge is 0.261 e. The first-order valence-corrected chi connectivity index (χ1v) is 12.1. The molecule has 1 saturated heterocycles. The Morgan fingerprint density at radius 1 is 0.943 bits per heavy atom. The summed E-state index contributed by atoms with van der Waals surface area (Å²) in [4.78, 5) is 53.7. The summed E-state index contributed by atoms with van der Waals surface area (Å²) in [5, 5.41) is 2.84. The first-order chi connectivity index (χ1) is 16.8. The van der Waals surface area contributed by atoms with E-state index in [1.165, 1.54) is 11.0 Å². The maximum Gasteiger partial charge on any atom is 0.261 e. The molecule has 35 heavy (non-hydrogen) atoms. The standard InChI is InChI=1S/C27H31N3O5/c1-4-5-12-30-26(33)22-11-10-21(13-23(22)27(30)34)24(31)28-14-19-6-8-20(9-7-19)25(32)29-15-17(2)35-18(3)16-29/h6-11,13,17-18H,4-5,12,14-16H2,1-3H3,(H,28,31). The van der Waals surface area contributed by atoms with Gasteiger partial charge in [-0.05, 0) is 56.2 Å². The fraction of sp³-hybridized carbons (Fsp3) is 0.407. The molecular formula is C27H31N3O5. The first-order valence-electron chi connectivity index (χ1n) is 12.1. The quantitative estimate of drug-likeness (QED) is 0.618. The highest BCUT2D eigenvalue weighted by Crippen LogP contribution is 2.24. The third-order valence-corrected chi connectivity index (χ3v) is 6.33. The lowest BCUT2D eigenvalue weighted by Crippen LogP contribution is -2.48. The van der Waals surface area contributed by atoms with Crippen molar-refractivity contribution in [2.45, 2.75) is 52.4 Å². The van der Waals surface area contributed by atoms with Gasteiger partial charge in [-0.25, -0.2) is 0 Å². The third-order valence-electron chi connectivity index (χ3n) is 6.33. The molecule has 2 heterocycles. The number of nitrogens with one attached hydrogen (secondary N) is 1. The van der Waals surface area contributed by atoms with E-state index in [4.69, 9.17) is 4.74 Å². The fourth-order valence-electron chi connectivity index (χ4n) is 4.53. The Balaban J connectivity index is 1.36. The van der Waals surface area contributed by atoms with E-state index >= 15 is 0 Å². The average Bonchev–Trinajstić information content (AvgIpc) is 3.09. The first kappa shape index (κ1) is 24.6. The molecule has 2 aliphatic heterocycles. The predicted molar refractivity (Wildman–Crippen MR) is 130 cm³/mol. The largest absolute Gasteiger partial charge is 0.372 e. The molecule has 0 bridgehead atoms. The zero-order valence-corrected chi connectivity index (χ0v) is 20.4. The molecule has 2 aliphatic rings. The summed E-state index contributed by atoms with van der Waals surface area (Å²) < 4.78 is 5.70. The second-order valence-corrected chi connectivity index (χ2v) is 9.22. The number of imide groups is 1. The second kappa shape index (κ2) is 10.4. The molecule has 184 valence electrons. The lowest BCUT2D eigenvalue weighted by atomic mass is 10.0. The number of ether oxygens (including phenoxy) is 1. The lowest BCUT2D eigenvalue weighted by molar-refractivity contribution is -0.0586. The molecule has 0 saturated carbocycles. The van der Waals surface area contributed by atoms with Crippen molar-refractivity contribution in [1.29, 1.82) is 0 Å². The molecule has 8 nitrogen and oxygen atoms in total. The van der Waals surface area contributed by atoms with Crippen molar-refractivity contribution in [1.82, 2.24) is 15.1 Å². The predicted octanol–water partition coefficient (Wildman–Crippen LogP) is 3.26. The molecule has 1 fully saturated rings. The highest BCUT2D eigenvalue weighted by molar-refractivity contribution is 6.22. The minimum absolute atomic E-state index is 0.00392.